The molecule has 5 nitrogen and oxygen atoms in total. The zero-order valence-corrected chi connectivity index (χ0v) is 13.6. The Kier molecular flexibility index (Phi) is 4.86. The summed E-state index contributed by atoms with van der Waals surface area (Å²) in [5.41, 5.74) is 1.72. The molecule has 0 radical (unpaired) electrons. The van der Waals surface area contributed by atoms with Gasteiger partial charge in [-0.05, 0) is 30.7 Å². The van der Waals surface area contributed by atoms with Crippen molar-refractivity contribution in [2.24, 2.45) is 0 Å². The van der Waals surface area contributed by atoms with Crippen molar-refractivity contribution in [3.63, 3.8) is 0 Å². The van der Waals surface area contributed by atoms with Crippen LogP contribution in [0.1, 0.15) is 18.5 Å². The van der Waals surface area contributed by atoms with Crippen molar-refractivity contribution in [1.82, 2.24) is 15.2 Å². The molecule has 0 saturated carbocycles. The highest BCUT2D eigenvalue weighted by molar-refractivity contribution is 6.31. The fraction of sp³-hybridized carbons (Fsp3) is 0.118. The van der Waals surface area contributed by atoms with Crippen LogP contribution in [-0.2, 0) is 0 Å². The molecule has 3 rings (SSSR count). The van der Waals surface area contributed by atoms with Gasteiger partial charge in [0.05, 0.1) is 11.2 Å². The van der Waals surface area contributed by atoms with Crippen LogP contribution in [-0.4, -0.2) is 15.2 Å². The Labute approximate surface area is 143 Å². The number of benzene rings is 2. The van der Waals surface area contributed by atoms with E-state index in [1.165, 1.54) is 12.1 Å². The normalized spacial score (nSPS) is 11.8. The summed E-state index contributed by atoms with van der Waals surface area (Å²) in [6.45, 7) is 2.03. The molecule has 1 aromatic heterocycles. The quantitative estimate of drug-likeness (QED) is 0.710. The smallest absolute Gasteiger partial charge is 0.249 e. The minimum Gasteiger partial charge on any atom is -0.362 e. The van der Waals surface area contributed by atoms with Gasteiger partial charge in [-0.1, -0.05) is 41.9 Å². The van der Waals surface area contributed by atoms with Crippen LogP contribution in [0.15, 0.2) is 54.7 Å². The van der Waals surface area contributed by atoms with Gasteiger partial charge in [0.25, 0.3) is 0 Å². The Morgan fingerprint density at radius 1 is 1.12 bits per heavy atom. The van der Waals surface area contributed by atoms with E-state index < -0.39 is 5.82 Å². The lowest BCUT2D eigenvalue weighted by Gasteiger charge is -2.15. The summed E-state index contributed by atoms with van der Waals surface area (Å²) in [5.74, 6) is 0.397. The van der Waals surface area contributed by atoms with Gasteiger partial charge in [0.15, 0.2) is 5.82 Å². The summed E-state index contributed by atoms with van der Waals surface area (Å²) in [5, 5.41) is 14.1. The van der Waals surface area contributed by atoms with Gasteiger partial charge in [-0.25, -0.2) is 4.39 Å². The molecule has 24 heavy (non-hydrogen) atoms. The van der Waals surface area contributed by atoms with Crippen molar-refractivity contribution >= 4 is 29.1 Å². The highest BCUT2D eigenvalue weighted by Gasteiger charge is 2.08. The summed E-state index contributed by atoms with van der Waals surface area (Å²) in [6, 6.07) is 14.4. The molecular formula is C17H15ClFN5. The van der Waals surface area contributed by atoms with Crippen molar-refractivity contribution in [3.05, 3.63) is 71.1 Å². The van der Waals surface area contributed by atoms with E-state index in [0.29, 0.717) is 17.5 Å². The average Bonchev–Trinajstić information content (AvgIpc) is 2.59. The van der Waals surface area contributed by atoms with Crippen LogP contribution in [0.2, 0.25) is 5.02 Å². The number of aromatic nitrogens is 3. The summed E-state index contributed by atoms with van der Waals surface area (Å²) in [6.07, 6.45) is 1.54. The minimum atomic E-state index is -0.478. The van der Waals surface area contributed by atoms with Gasteiger partial charge in [0.2, 0.25) is 5.95 Å². The SMILES string of the molecule is CC(Nc1cnnc(Nc2ccc(F)c(Cl)c2)n1)c1ccccc1. The molecule has 0 amide bonds. The molecule has 0 spiro atoms. The fourth-order valence-corrected chi connectivity index (χ4v) is 2.36. The van der Waals surface area contributed by atoms with E-state index in [-0.39, 0.29) is 11.1 Å². The minimum absolute atomic E-state index is 0.0277. The number of nitrogens with one attached hydrogen (secondary N) is 2. The Balaban J connectivity index is 1.73. The maximum Gasteiger partial charge on any atom is 0.249 e. The number of nitrogens with zero attached hydrogens (tertiary/aromatic N) is 3. The van der Waals surface area contributed by atoms with Crippen LogP contribution in [0.4, 0.5) is 21.8 Å². The molecule has 1 unspecified atom stereocenters. The molecule has 0 bridgehead atoms. The van der Waals surface area contributed by atoms with Gasteiger partial charge < -0.3 is 10.6 Å². The first-order valence-electron chi connectivity index (χ1n) is 7.35. The molecule has 0 saturated heterocycles. The van der Waals surface area contributed by atoms with Crippen LogP contribution in [0.5, 0.6) is 0 Å². The maximum absolute atomic E-state index is 13.2. The van der Waals surface area contributed by atoms with E-state index in [4.69, 9.17) is 11.6 Å². The first-order chi connectivity index (χ1) is 11.6. The van der Waals surface area contributed by atoms with Crippen molar-refractivity contribution in [2.75, 3.05) is 10.6 Å². The van der Waals surface area contributed by atoms with E-state index in [9.17, 15) is 4.39 Å². The van der Waals surface area contributed by atoms with Crippen LogP contribution in [0.3, 0.4) is 0 Å². The molecule has 0 aliphatic heterocycles. The second-order valence-corrected chi connectivity index (χ2v) is 5.60. The van der Waals surface area contributed by atoms with Crippen molar-refractivity contribution < 1.29 is 4.39 Å². The number of anilines is 3. The lowest BCUT2D eigenvalue weighted by atomic mass is 10.1. The third kappa shape index (κ3) is 3.97. The van der Waals surface area contributed by atoms with Crippen LogP contribution >= 0.6 is 11.6 Å². The number of rotatable bonds is 5. The predicted molar refractivity (Wildman–Crippen MR) is 93.0 cm³/mol. The predicted octanol–water partition coefficient (Wildman–Crippen LogP) is 4.58. The molecule has 2 aromatic carbocycles. The highest BCUT2D eigenvalue weighted by atomic mass is 35.5. The zero-order valence-electron chi connectivity index (χ0n) is 12.9. The number of hydrogen-bond acceptors (Lipinski definition) is 5. The highest BCUT2D eigenvalue weighted by Crippen LogP contribution is 2.22. The van der Waals surface area contributed by atoms with Gasteiger partial charge in [-0.3, -0.25) is 0 Å². The van der Waals surface area contributed by atoms with Crippen LogP contribution in [0.25, 0.3) is 0 Å². The summed E-state index contributed by atoms with van der Waals surface area (Å²) in [4.78, 5) is 4.35. The molecule has 0 fully saturated rings. The van der Waals surface area contributed by atoms with Crippen molar-refractivity contribution in [1.29, 1.82) is 0 Å². The third-order valence-electron chi connectivity index (χ3n) is 3.40. The molecule has 1 heterocycles. The topological polar surface area (TPSA) is 62.7 Å². The Bertz CT molecular complexity index is 828. The van der Waals surface area contributed by atoms with Gasteiger partial charge in [-0.2, -0.15) is 10.1 Å². The zero-order chi connectivity index (χ0) is 16.9. The summed E-state index contributed by atoms with van der Waals surface area (Å²) in [7, 11) is 0. The Morgan fingerprint density at radius 2 is 1.92 bits per heavy atom. The first kappa shape index (κ1) is 16.1. The van der Waals surface area contributed by atoms with E-state index in [0.717, 1.165) is 5.56 Å². The second-order valence-electron chi connectivity index (χ2n) is 5.20. The fourth-order valence-electron chi connectivity index (χ4n) is 2.18. The molecular weight excluding hydrogens is 329 g/mol. The van der Waals surface area contributed by atoms with Crippen LogP contribution in [0, 0.1) is 5.82 Å². The van der Waals surface area contributed by atoms with E-state index in [2.05, 4.69) is 25.8 Å². The molecule has 122 valence electrons. The first-order valence-corrected chi connectivity index (χ1v) is 7.73. The van der Waals surface area contributed by atoms with Crippen molar-refractivity contribution in [3.8, 4) is 0 Å². The molecule has 1 atom stereocenters. The molecule has 7 heteroatoms. The molecule has 0 aliphatic rings. The Morgan fingerprint density at radius 3 is 2.67 bits per heavy atom. The standard InChI is InChI=1S/C17H15ClFN5/c1-11(12-5-3-2-4-6-12)21-16-10-20-24-17(23-16)22-13-7-8-15(19)14(18)9-13/h2-11H,1H3,(H2,21,22,23,24). The van der Waals surface area contributed by atoms with E-state index in [1.54, 1.807) is 12.3 Å². The third-order valence-corrected chi connectivity index (χ3v) is 3.69. The van der Waals surface area contributed by atoms with Gasteiger partial charge in [0, 0.05) is 11.7 Å². The lowest BCUT2D eigenvalue weighted by Crippen LogP contribution is -2.09. The van der Waals surface area contributed by atoms with Gasteiger partial charge in [0.1, 0.15) is 5.82 Å². The monoisotopic (exact) mass is 343 g/mol. The second kappa shape index (κ2) is 7.23. The summed E-state index contributed by atoms with van der Waals surface area (Å²) >= 11 is 5.76. The van der Waals surface area contributed by atoms with Gasteiger partial charge >= 0.3 is 0 Å². The Hall–Kier alpha value is -2.73. The average molecular weight is 344 g/mol. The maximum atomic E-state index is 13.2. The molecule has 2 N–H and O–H groups in total. The van der Waals surface area contributed by atoms with E-state index >= 15 is 0 Å². The molecule has 3 aromatic rings. The summed E-state index contributed by atoms with van der Waals surface area (Å²) < 4.78 is 13.2. The number of hydrogen-bond donors (Lipinski definition) is 2. The van der Waals surface area contributed by atoms with Crippen LogP contribution < -0.4 is 10.6 Å². The largest absolute Gasteiger partial charge is 0.362 e. The van der Waals surface area contributed by atoms with Gasteiger partial charge in [-0.15, -0.1) is 5.10 Å². The molecule has 0 aliphatic carbocycles. The van der Waals surface area contributed by atoms with Crippen molar-refractivity contribution in [2.45, 2.75) is 13.0 Å². The lowest BCUT2D eigenvalue weighted by molar-refractivity contribution is 0.628. The number of halogens is 2. The van der Waals surface area contributed by atoms with E-state index in [1.807, 2.05) is 37.3 Å².